The molecule has 0 aliphatic rings. The number of amides is 3. The molecule has 0 saturated carbocycles. The van der Waals surface area contributed by atoms with Crippen LogP contribution in [0.3, 0.4) is 0 Å². The average Bonchev–Trinajstić information content (AvgIpc) is 2.58. The number of carbonyl (C=O) groups is 2. The quantitative estimate of drug-likeness (QED) is 0.790. The van der Waals surface area contributed by atoms with E-state index in [1.165, 1.54) is 0 Å². The van der Waals surface area contributed by atoms with Crippen LogP contribution in [0.2, 0.25) is 0 Å². The van der Waals surface area contributed by atoms with Crippen LogP contribution in [0.1, 0.15) is 24.8 Å². The molecular weight excluding hydrogens is 290 g/mol. The molecule has 0 aliphatic heterocycles. The van der Waals surface area contributed by atoms with Gasteiger partial charge in [0.25, 0.3) is 0 Å². The molecule has 3 N–H and O–H groups in total. The number of carbonyl (C=O) groups excluding carboxylic acids is 2. The molecule has 0 aromatic heterocycles. The first-order chi connectivity index (χ1) is 11.1. The Kier molecular flexibility index (Phi) is 5.74. The van der Waals surface area contributed by atoms with E-state index >= 15 is 0 Å². The molecule has 0 spiro atoms. The molecule has 2 aromatic carbocycles. The third kappa shape index (κ3) is 4.57. The number of hydrogen-bond donors (Lipinski definition) is 3. The highest BCUT2D eigenvalue weighted by Gasteiger charge is 2.18. The Morgan fingerprint density at radius 3 is 2.00 bits per heavy atom. The van der Waals surface area contributed by atoms with Gasteiger partial charge in [-0.15, -0.1) is 0 Å². The fourth-order valence-corrected chi connectivity index (χ4v) is 2.32. The van der Waals surface area contributed by atoms with Crippen molar-refractivity contribution in [2.24, 2.45) is 0 Å². The first-order valence-electron chi connectivity index (χ1n) is 7.58. The van der Waals surface area contributed by atoms with E-state index in [1.807, 2.05) is 37.3 Å². The molecule has 5 heteroatoms. The third-order valence-corrected chi connectivity index (χ3v) is 3.56. The van der Waals surface area contributed by atoms with Crippen molar-refractivity contribution in [3.8, 4) is 0 Å². The van der Waals surface area contributed by atoms with Gasteiger partial charge < -0.3 is 16.0 Å². The van der Waals surface area contributed by atoms with Crippen molar-refractivity contribution in [1.29, 1.82) is 0 Å². The summed E-state index contributed by atoms with van der Waals surface area (Å²) in [5, 5.41) is 8.07. The fourth-order valence-electron chi connectivity index (χ4n) is 2.32. The molecule has 0 saturated heterocycles. The van der Waals surface area contributed by atoms with Crippen LogP contribution < -0.4 is 16.0 Å². The molecule has 120 valence electrons. The summed E-state index contributed by atoms with van der Waals surface area (Å²) in [6.45, 7) is 1.99. The maximum atomic E-state index is 12.5. The van der Waals surface area contributed by atoms with E-state index in [9.17, 15) is 9.59 Å². The van der Waals surface area contributed by atoms with Gasteiger partial charge in [0.05, 0.1) is 5.92 Å². The smallest absolute Gasteiger partial charge is 0.318 e. The van der Waals surface area contributed by atoms with Gasteiger partial charge in [0.15, 0.2) is 0 Å². The Morgan fingerprint density at radius 1 is 0.913 bits per heavy atom. The second kappa shape index (κ2) is 7.98. The summed E-state index contributed by atoms with van der Waals surface area (Å²) in [7, 11) is 1.55. The lowest BCUT2D eigenvalue weighted by Crippen LogP contribution is -2.24. The first-order valence-corrected chi connectivity index (χ1v) is 7.58. The number of anilines is 2. The molecule has 1 atom stereocenters. The molecule has 3 amide bonds. The lowest BCUT2D eigenvalue weighted by Gasteiger charge is -2.15. The highest BCUT2D eigenvalue weighted by atomic mass is 16.2. The van der Waals surface area contributed by atoms with Gasteiger partial charge in [-0.05, 0) is 36.2 Å². The molecule has 23 heavy (non-hydrogen) atoms. The summed E-state index contributed by atoms with van der Waals surface area (Å²) in [5.74, 6) is -0.217. The van der Waals surface area contributed by atoms with Crippen LogP contribution in [0.4, 0.5) is 16.2 Å². The van der Waals surface area contributed by atoms with Gasteiger partial charge in [-0.2, -0.15) is 0 Å². The summed E-state index contributed by atoms with van der Waals surface area (Å²) >= 11 is 0. The monoisotopic (exact) mass is 311 g/mol. The molecule has 0 radical (unpaired) electrons. The minimum absolute atomic E-state index is 0.0364. The van der Waals surface area contributed by atoms with Crippen molar-refractivity contribution in [2.45, 2.75) is 19.3 Å². The molecule has 2 aromatic rings. The van der Waals surface area contributed by atoms with Crippen molar-refractivity contribution >= 4 is 23.3 Å². The SMILES string of the molecule is CCC(C(=O)Nc1ccc(NC(=O)NC)cc1)c1ccccc1. The highest BCUT2D eigenvalue weighted by molar-refractivity contribution is 5.96. The molecular formula is C18H21N3O2. The predicted molar refractivity (Wildman–Crippen MR) is 92.6 cm³/mol. The zero-order chi connectivity index (χ0) is 16.7. The van der Waals surface area contributed by atoms with E-state index in [4.69, 9.17) is 0 Å². The number of benzene rings is 2. The average molecular weight is 311 g/mol. The molecule has 2 rings (SSSR count). The zero-order valence-corrected chi connectivity index (χ0v) is 13.3. The van der Waals surface area contributed by atoms with Crippen molar-refractivity contribution in [1.82, 2.24) is 5.32 Å². The molecule has 1 unspecified atom stereocenters. The summed E-state index contributed by atoms with van der Waals surface area (Å²) in [5.41, 5.74) is 2.37. The van der Waals surface area contributed by atoms with Gasteiger partial charge in [-0.25, -0.2) is 4.79 Å². The van der Waals surface area contributed by atoms with Crippen LogP contribution in [0.5, 0.6) is 0 Å². The van der Waals surface area contributed by atoms with E-state index in [1.54, 1.807) is 31.3 Å². The van der Waals surface area contributed by atoms with Gasteiger partial charge in [-0.1, -0.05) is 37.3 Å². The number of rotatable bonds is 5. The van der Waals surface area contributed by atoms with Crippen LogP contribution in [0, 0.1) is 0 Å². The van der Waals surface area contributed by atoms with Crippen molar-refractivity contribution < 1.29 is 9.59 Å². The largest absolute Gasteiger partial charge is 0.341 e. The van der Waals surface area contributed by atoms with Crippen LogP contribution in [-0.4, -0.2) is 19.0 Å². The summed E-state index contributed by atoms with van der Waals surface area (Å²) < 4.78 is 0. The third-order valence-electron chi connectivity index (χ3n) is 3.56. The minimum atomic E-state index is -0.281. The van der Waals surface area contributed by atoms with E-state index < -0.39 is 0 Å². The van der Waals surface area contributed by atoms with Gasteiger partial charge >= 0.3 is 6.03 Å². The number of urea groups is 1. The van der Waals surface area contributed by atoms with Crippen LogP contribution in [0.15, 0.2) is 54.6 Å². The highest BCUT2D eigenvalue weighted by Crippen LogP contribution is 2.22. The van der Waals surface area contributed by atoms with Crippen LogP contribution in [0.25, 0.3) is 0 Å². The fraction of sp³-hybridized carbons (Fsp3) is 0.222. The standard InChI is InChI=1S/C18H21N3O2/c1-3-16(13-7-5-4-6-8-13)17(22)20-14-9-11-15(12-10-14)21-18(23)19-2/h4-12,16H,3H2,1-2H3,(H,20,22)(H2,19,21,23). The van der Waals surface area contributed by atoms with Crippen molar-refractivity contribution in [3.05, 3.63) is 60.2 Å². The second-order valence-corrected chi connectivity index (χ2v) is 5.14. The zero-order valence-electron chi connectivity index (χ0n) is 13.3. The van der Waals surface area contributed by atoms with Gasteiger partial charge in [0.1, 0.15) is 0 Å². The van der Waals surface area contributed by atoms with E-state index in [0.29, 0.717) is 11.4 Å². The maximum absolute atomic E-state index is 12.5. The minimum Gasteiger partial charge on any atom is -0.341 e. The number of nitrogens with one attached hydrogen (secondary N) is 3. The Balaban J connectivity index is 2.03. The molecule has 5 nitrogen and oxygen atoms in total. The Morgan fingerprint density at radius 2 is 1.48 bits per heavy atom. The second-order valence-electron chi connectivity index (χ2n) is 5.14. The Hall–Kier alpha value is -2.82. The molecule has 0 aliphatic carbocycles. The predicted octanol–water partition coefficient (Wildman–Crippen LogP) is 3.57. The summed E-state index contributed by atoms with van der Waals surface area (Å²) in [4.78, 5) is 23.7. The van der Waals surface area contributed by atoms with Crippen LogP contribution >= 0.6 is 0 Å². The van der Waals surface area contributed by atoms with Crippen molar-refractivity contribution in [2.75, 3.05) is 17.7 Å². The first kappa shape index (κ1) is 16.5. The summed E-state index contributed by atoms with van der Waals surface area (Å²) in [6, 6.07) is 16.5. The maximum Gasteiger partial charge on any atom is 0.318 e. The van der Waals surface area contributed by atoms with Gasteiger partial charge in [0, 0.05) is 18.4 Å². The Labute approximate surface area is 136 Å². The lowest BCUT2D eigenvalue weighted by atomic mass is 9.95. The molecule has 0 heterocycles. The van der Waals surface area contributed by atoms with Gasteiger partial charge in [0.2, 0.25) is 5.91 Å². The van der Waals surface area contributed by atoms with E-state index in [0.717, 1.165) is 12.0 Å². The van der Waals surface area contributed by atoms with Gasteiger partial charge in [-0.3, -0.25) is 4.79 Å². The van der Waals surface area contributed by atoms with Crippen molar-refractivity contribution in [3.63, 3.8) is 0 Å². The van der Waals surface area contributed by atoms with E-state index in [-0.39, 0.29) is 17.9 Å². The Bertz CT molecular complexity index is 654. The lowest BCUT2D eigenvalue weighted by molar-refractivity contribution is -0.117. The van der Waals surface area contributed by atoms with E-state index in [2.05, 4.69) is 16.0 Å². The topological polar surface area (TPSA) is 70.2 Å². The number of hydrogen-bond acceptors (Lipinski definition) is 2. The normalized spacial score (nSPS) is 11.4. The van der Waals surface area contributed by atoms with Crippen LogP contribution in [-0.2, 0) is 4.79 Å². The summed E-state index contributed by atoms with van der Waals surface area (Å²) in [6.07, 6.45) is 0.728. The molecule has 0 bridgehead atoms. The molecule has 0 fully saturated rings.